The molecule has 0 saturated carbocycles. The van der Waals surface area contributed by atoms with Crippen LogP contribution < -0.4 is 9.47 Å². The molecule has 2 rings (SSSR count). The Morgan fingerprint density at radius 3 is 2.24 bits per heavy atom. The number of rotatable bonds is 7. The molecule has 0 aliphatic carbocycles. The molecule has 25 heavy (non-hydrogen) atoms. The molecule has 0 bridgehead atoms. The van der Waals surface area contributed by atoms with Crippen molar-refractivity contribution < 1.29 is 23.8 Å². The first-order valence-corrected chi connectivity index (χ1v) is 9.00. The highest BCUT2D eigenvalue weighted by Crippen LogP contribution is 2.28. The third-order valence-corrected chi connectivity index (χ3v) is 4.06. The second kappa shape index (κ2) is 9.91. The molecule has 6 heteroatoms. The van der Waals surface area contributed by atoms with E-state index in [9.17, 15) is 9.59 Å². The van der Waals surface area contributed by atoms with Crippen molar-refractivity contribution in [3.63, 3.8) is 0 Å². The molecule has 0 atom stereocenters. The van der Waals surface area contributed by atoms with Crippen LogP contribution in [0.3, 0.4) is 0 Å². The zero-order valence-corrected chi connectivity index (χ0v) is 15.1. The fraction of sp³-hybridized carbons (Fsp3) is 0.579. The number of ether oxygens (including phenoxy) is 3. The Labute approximate surface area is 149 Å². The molecule has 1 saturated heterocycles. The molecule has 1 aliphatic heterocycles. The van der Waals surface area contributed by atoms with E-state index in [2.05, 4.69) is 0 Å². The number of nitrogens with zero attached hydrogens (tertiary/aromatic N) is 1. The van der Waals surface area contributed by atoms with Crippen molar-refractivity contribution in [2.45, 2.75) is 39.5 Å². The zero-order valence-electron chi connectivity index (χ0n) is 15.1. The van der Waals surface area contributed by atoms with Crippen LogP contribution in [-0.4, -0.2) is 49.7 Å². The Balaban J connectivity index is 1.95. The number of hydrogen-bond donors (Lipinski definition) is 0. The van der Waals surface area contributed by atoms with Crippen molar-refractivity contribution in [1.29, 1.82) is 0 Å². The van der Waals surface area contributed by atoms with Crippen LogP contribution in [0.5, 0.6) is 11.5 Å². The SMILES string of the molecule is CCOc1ccc(C(=O)OCC(=O)N2CCCCCC2)cc1OCC. The summed E-state index contributed by atoms with van der Waals surface area (Å²) < 4.78 is 16.2. The summed E-state index contributed by atoms with van der Waals surface area (Å²) in [6, 6.07) is 4.89. The average molecular weight is 349 g/mol. The maximum atomic E-state index is 12.2. The largest absolute Gasteiger partial charge is 0.490 e. The number of carbonyl (C=O) groups excluding carboxylic acids is 2. The highest BCUT2D eigenvalue weighted by Gasteiger charge is 2.18. The van der Waals surface area contributed by atoms with Gasteiger partial charge in [0.15, 0.2) is 18.1 Å². The number of esters is 1. The van der Waals surface area contributed by atoms with Gasteiger partial charge < -0.3 is 19.1 Å². The van der Waals surface area contributed by atoms with Gasteiger partial charge in [0.2, 0.25) is 0 Å². The number of carbonyl (C=O) groups is 2. The Morgan fingerprint density at radius 2 is 1.60 bits per heavy atom. The summed E-state index contributed by atoms with van der Waals surface area (Å²) >= 11 is 0. The third kappa shape index (κ3) is 5.66. The molecular formula is C19H27NO5. The lowest BCUT2D eigenvalue weighted by Crippen LogP contribution is -2.35. The Bertz CT molecular complexity index is 579. The standard InChI is InChI=1S/C19H27NO5/c1-3-23-16-10-9-15(13-17(16)24-4-2)19(22)25-14-18(21)20-11-7-5-6-8-12-20/h9-10,13H,3-8,11-12,14H2,1-2H3. The van der Waals surface area contributed by atoms with Gasteiger partial charge in [-0.25, -0.2) is 4.79 Å². The maximum Gasteiger partial charge on any atom is 0.338 e. The summed E-state index contributed by atoms with van der Waals surface area (Å²) in [4.78, 5) is 26.2. The predicted octanol–water partition coefficient (Wildman–Crippen LogP) is 3.04. The quantitative estimate of drug-likeness (QED) is 0.708. The monoisotopic (exact) mass is 349 g/mol. The van der Waals surface area contributed by atoms with Crippen LogP contribution in [0.4, 0.5) is 0 Å². The molecule has 138 valence electrons. The summed E-state index contributed by atoms with van der Waals surface area (Å²) in [7, 11) is 0. The van der Waals surface area contributed by atoms with Crippen molar-refractivity contribution >= 4 is 11.9 Å². The van der Waals surface area contributed by atoms with Gasteiger partial charge in [-0.05, 0) is 44.9 Å². The van der Waals surface area contributed by atoms with Crippen molar-refractivity contribution in [2.75, 3.05) is 32.9 Å². The van der Waals surface area contributed by atoms with Gasteiger partial charge in [-0.2, -0.15) is 0 Å². The molecule has 0 N–H and O–H groups in total. The number of benzene rings is 1. The minimum atomic E-state index is -0.535. The lowest BCUT2D eigenvalue weighted by atomic mass is 10.2. The maximum absolute atomic E-state index is 12.2. The second-order valence-corrected chi connectivity index (χ2v) is 5.90. The van der Waals surface area contributed by atoms with E-state index < -0.39 is 5.97 Å². The van der Waals surface area contributed by atoms with Crippen LogP contribution in [0.15, 0.2) is 18.2 Å². The highest BCUT2D eigenvalue weighted by molar-refractivity contribution is 5.92. The molecule has 0 spiro atoms. The molecule has 1 aliphatic rings. The summed E-state index contributed by atoms with van der Waals surface area (Å²) in [5.74, 6) is 0.414. The zero-order chi connectivity index (χ0) is 18.1. The molecular weight excluding hydrogens is 322 g/mol. The van der Waals surface area contributed by atoms with Gasteiger partial charge in [0.05, 0.1) is 18.8 Å². The van der Waals surface area contributed by atoms with E-state index in [1.807, 2.05) is 13.8 Å². The van der Waals surface area contributed by atoms with E-state index in [4.69, 9.17) is 14.2 Å². The molecule has 0 radical (unpaired) electrons. The van der Waals surface area contributed by atoms with E-state index in [0.29, 0.717) is 30.3 Å². The van der Waals surface area contributed by atoms with Gasteiger partial charge in [-0.1, -0.05) is 12.8 Å². The van der Waals surface area contributed by atoms with Gasteiger partial charge in [0.25, 0.3) is 5.91 Å². The average Bonchev–Trinajstić information content (AvgIpc) is 2.90. The van der Waals surface area contributed by atoms with Crippen molar-refractivity contribution in [3.05, 3.63) is 23.8 Å². The van der Waals surface area contributed by atoms with Crippen molar-refractivity contribution in [2.24, 2.45) is 0 Å². The van der Waals surface area contributed by atoms with E-state index in [-0.39, 0.29) is 12.5 Å². The first kappa shape index (κ1) is 19.1. The highest BCUT2D eigenvalue weighted by atomic mass is 16.5. The minimum absolute atomic E-state index is 0.133. The van der Waals surface area contributed by atoms with Crippen LogP contribution in [-0.2, 0) is 9.53 Å². The first-order valence-electron chi connectivity index (χ1n) is 9.00. The lowest BCUT2D eigenvalue weighted by Gasteiger charge is -2.20. The van der Waals surface area contributed by atoms with Gasteiger partial charge in [0.1, 0.15) is 0 Å². The third-order valence-electron chi connectivity index (χ3n) is 4.06. The van der Waals surface area contributed by atoms with Gasteiger partial charge in [0, 0.05) is 13.1 Å². The predicted molar refractivity (Wildman–Crippen MR) is 94.1 cm³/mol. The Morgan fingerprint density at radius 1 is 0.960 bits per heavy atom. The summed E-state index contributed by atoms with van der Waals surface area (Å²) in [5, 5.41) is 0. The summed E-state index contributed by atoms with van der Waals surface area (Å²) in [6.45, 7) is 5.98. The molecule has 1 amide bonds. The van der Waals surface area contributed by atoms with Gasteiger partial charge >= 0.3 is 5.97 Å². The number of likely N-dealkylation sites (tertiary alicyclic amines) is 1. The summed E-state index contributed by atoms with van der Waals surface area (Å²) in [6.07, 6.45) is 4.32. The molecule has 0 aromatic heterocycles. The number of hydrogen-bond acceptors (Lipinski definition) is 5. The van der Waals surface area contributed by atoms with Crippen LogP contribution in [0.2, 0.25) is 0 Å². The van der Waals surface area contributed by atoms with Crippen molar-refractivity contribution in [3.8, 4) is 11.5 Å². The van der Waals surface area contributed by atoms with E-state index in [1.54, 1.807) is 23.1 Å². The van der Waals surface area contributed by atoms with Crippen LogP contribution in [0, 0.1) is 0 Å². The van der Waals surface area contributed by atoms with Crippen LogP contribution in [0.25, 0.3) is 0 Å². The molecule has 1 fully saturated rings. The smallest absolute Gasteiger partial charge is 0.338 e. The lowest BCUT2D eigenvalue weighted by molar-refractivity contribution is -0.134. The van der Waals surface area contributed by atoms with Crippen molar-refractivity contribution in [1.82, 2.24) is 4.90 Å². The minimum Gasteiger partial charge on any atom is -0.490 e. The van der Waals surface area contributed by atoms with Gasteiger partial charge in [-0.3, -0.25) is 4.79 Å². The number of amides is 1. The fourth-order valence-corrected chi connectivity index (χ4v) is 2.80. The van der Waals surface area contributed by atoms with E-state index >= 15 is 0 Å². The topological polar surface area (TPSA) is 65.1 Å². The van der Waals surface area contributed by atoms with Crippen LogP contribution in [0.1, 0.15) is 49.9 Å². The normalized spacial score (nSPS) is 14.6. The first-order chi connectivity index (χ1) is 12.2. The molecule has 6 nitrogen and oxygen atoms in total. The Hall–Kier alpha value is -2.24. The van der Waals surface area contributed by atoms with E-state index in [0.717, 1.165) is 38.8 Å². The second-order valence-electron chi connectivity index (χ2n) is 5.90. The molecule has 1 heterocycles. The fourth-order valence-electron chi connectivity index (χ4n) is 2.80. The van der Waals surface area contributed by atoms with Crippen LogP contribution >= 0.6 is 0 Å². The Kier molecular flexibility index (Phi) is 7.57. The molecule has 1 aromatic carbocycles. The molecule has 1 aromatic rings. The van der Waals surface area contributed by atoms with E-state index in [1.165, 1.54) is 0 Å². The summed E-state index contributed by atoms with van der Waals surface area (Å²) in [5.41, 5.74) is 0.343. The van der Waals surface area contributed by atoms with Gasteiger partial charge in [-0.15, -0.1) is 0 Å². The molecule has 0 unspecified atom stereocenters.